The van der Waals surface area contributed by atoms with Crippen molar-refractivity contribution >= 4 is 35.5 Å². The van der Waals surface area contributed by atoms with Gasteiger partial charge in [-0.05, 0) is 24.5 Å². The maximum absolute atomic E-state index is 12.8. The minimum atomic E-state index is -0.872. The molecule has 11 heteroatoms. The first-order valence-corrected chi connectivity index (χ1v) is 11.6. The lowest BCUT2D eigenvalue weighted by atomic mass is 10.0. The van der Waals surface area contributed by atoms with Gasteiger partial charge in [0.2, 0.25) is 5.91 Å². The van der Waals surface area contributed by atoms with Gasteiger partial charge in [0.1, 0.15) is 17.5 Å². The van der Waals surface area contributed by atoms with Gasteiger partial charge in [-0.25, -0.2) is 9.59 Å². The minimum Gasteiger partial charge on any atom is -0.497 e. The zero-order chi connectivity index (χ0) is 25.3. The van der Waals surface area contributed by atoms with E-state index in [1.165, 1.54) is 44.1 Å². The number of esters is 2. The fourth-order valence-corrected chi connectivity index (χ4v) is 4.03. The number of nitrogens with zero attached hydrogens (tertiary/aromatic N) is 1. The Bertz CT molecular complexity index is 925. The van der Waals surface area contributed by atoms with Crippen LogP contribution in [0, 0.1) is 5.92 Å². The van der Waals surface area contributed by atoms with E-state index >= 15 is 0 Å². The van der Waals surface area contributed by atoms with E-state index in [-0.39, 0.29) is 36.3 Å². The number of hydrogen-bond acceptors (Lipinski definition) is 9. The second-order valence-corrected chi connectivity index (χ2v) is 8.65. The van der Waals surface area contributed by atoms with Crippen LogP contribution in [-0.2, 0) is 23.9 Å². The SMILES string of the molecule is COC(=O)/C=C1/SCC(=O)N1CCCOC(=O)[C@@H](NC(=O)c1cc(OC)cc(OC)c1)C(C)C. The fourth-order valence-electron chi connectivity index (χ4n) is 3.07. The van der Waals surface area contributed by atoms with Crippen LogP contribution < -0.4 is 14.8 Å². The average molecular weight is 495 g/mol. The molecule has 0 aliphatic carbocycles. The predicted molar refractivity (Wildman–Crippen MR) is 125 cm³/mol. The number of thioether (sulfide) groups is 1. The summed E-state index contributed by atoms with van der Waals surface area (Å²) in [5.41, 5.74) is 0.282. The van der Waals surface area contributed by atoms with Crippen LogP contribution in [0.2, 0.25) is 0 Å². The Labute approximate surface area is 202 Å². The molecule has 2 amide bonds. The predicted octanol–water partition coefficient (Wildman–Crippen LogP) is 1.98. The summed E-state index contributed by atoms with van der Waals surface area (Å²) < 4.78 is 20.3. The second kappa shape index (κ2) is 12.9. The molecule has 0 spiro atoms. The summed E-state index contributed by atoms with van der Waals surface area (Å²) in [6.07, 6.45) is 1.63. The molecule has 1 aromatic carbocycles. The van der Waals surface area contributed by atoms with Crippen LogP contribution >= 0.6 is 11.8 Å². The van der Waals surface area contributed by atoms with Crippen LogP contribution in [0.25, 0.3) is 0 Å². The van der Waals surface area contributed by atoms with Gasteiger partial charge in [0.15, 0.2) is 0 Å². The number of carbonyl (C=O) groups is 4. The Morgan fingerprint density at radius 1 is 1.12 bits per heavy atom. The van der Waals surface area contributed by atoms with Gasteiger partial charge in [0.05, 0.1) is 44.8 Å². The van der Waals surface area contributed by atoms with Gasteiger partial charge in [-0.2, -0.15) is 0 Å². The summed E-state index contributed by atoms with van der Waals surface area (Å²) in [6.45, 7) is 3.92. The second-order valence-electron chi connectivity index (χ2n) is 7.66. The summed E-state index contributed by atoms with van der Waals surface area (Å²) in [5.74, 6) is -0.817. The molecular formula is C23H30N2O8S. The highest BCUT2D eigenvalue weighted by Gasteiger charge is 2.29. The maximum Gasteiger partial charge on any atom is 0.333 e. The summed E-state index contributed by atoms with van der Waals surface area (Å²) >= 11 is 1.25. The van der Waals surface area contributed by atoms with Crippen molar-refractivity contribution in [1.29, 1.82) is 0 Å². The van der Waals surface area contributed by atoms with E-state index in [0.717, 1.165) is 0 Å². The third-order valence-electron chi connectivity index (χ3n) is 4.94. The summed E-state index contributed by atoms with van der Waals surface area (Å²) in [5, 5.41) is 3.21. The molecule has 1 heterocycles. The number of carbonyl (C=O) groups excluding carboxylic acids is 4. The molecule has 1 N–H and O–H groups in total. The van der Waals surface area contributed by atoms with E-state index in [4.69, 9.17) is 14.2 Å². The van der Waals surface area contributed by atoms with Gasteiger partial charge in [-0.3, -0.25) is 9.59 Å². The highest BCUT2D eigenvalue weighted by Crippen LogP contribution is 2.29. The van der Waals surface area contributed by atoms with Crippen LogP contribution in [-0.4, -0.2) is 74.9 Å². The smallest absolute Gasteiger partial charge is 0.333 e. The third-order valence-corrected chi connectivity index (χ3v) is 5.97. The Balaban J connectivity index is 1.94. The van der Waals surface area contributed by atoms with Crippen molar-refractivity contribution in [2.75, 3.05) is 40.2 Å². The molecule has 1 fully saturated rings. The number of methoxy groups -OCH3 is 3. The van der Waals surface area contributed by atoms with E-state index in [0.29, 0.717) is 22.9 Å². The maximum atomic E-state index is 12.8. The molecule has 1 aliphatic rings. The highest BCUT2D eigenvalue weighted by molar-refractivity contribution is 8.04. The monoisotopic (exact) mass is 494 g/mol. The van der Waals surface area contributed by atoms with Gasteiger partial charge in [0.25, 0.3) is 5.91 Å². The first kappa shape index (κ1) is 27.0. The van der Waals surface area contributed by atoms with E-state index in [9.17, 15) is 19.2 Å². The highest BCUT2D eigenvalue weighted by atomic mass is 32.2. The van der Waals surface area contributed by atoms with Crippen LogP contribution in [0.3, 0.4) is 0 Å². The van der Waals surface area contributed by atoms with Gasteiger partial charge in [0, 0.05) is 18.2 Å². The molecule has 0 saturated carbocycles. The summed E-state index contributed by atoms with van der Waals surface area (Å²) in [6, 6.07) is 3.86. The number of nitrogens with one attached hydrogen (secondary N) is 1. The molecule has 0 bridgehead atoms. The average Bonchev–Trinajstić information content (AvgIpc) is 3.17. The van der Waals surface area contributed by atoms with Gasteiger partial charge < -0.3 is 29.2 Å². The van der Waals surface area contributed by atoms with Gasteiger partial charge in [-0.15, -0.1) is 0 Å². The molecule has 34 heavy (non-hydrogen) atoms. The lowest BCUT2D eigenvalue weighted by molar-refractivity contribution is -0.147. The standard InChI is InChI=1S/C23H30N2O8S/c1-14(2)21(24-22(28)15-9-16(30-3)11-17(10-15)31-4)23(29)33-8-6-7-25-18(26)13-34-19(25)12-20(27)32-5/h9-12,14,21H,6-8,13H2,1-5H3,(H,24,28)/b19-12+/t21-/m0/s1. The van der Waals surface area contributed by atoms with Crippen molar-refractivity contribution in [1.82, 2.24) is 10.2 Å². The van der Waals surface area contributed by atoms with Crippen molar-refractivity contribution in [3.8, 4) is 11.5 Å². The number of ether oxygens (including phenoxy) is 4. The molecule has 1 aliphatic heterocycles. The first-order valence-electron chi connectivity index (χ1n) is 10.6. The number of amides is 2. The van der Waals surface area contributed by atoms with Gasteiger partial charge >= 0.3 is 11.9 Å². The lowest BCUT2D eigenvalue weighted by Gasteiger charge is -2.22. The van der Waals surface area contributed by atoms with E-state index in [1.807, 2.05) is 0 Å². The normalized spacial score (nSPS) is 15.3. The number of hydrogen-bond donors (Lipinski definition) is 1. The van der Waals surface area contributed by atoms with E-state index in [1.54, 1.807) is 32.0 Å². The molecule has 0 unspecified atom stereocenters. The van der Waals surface area contributed by atoms with Crippen molar-refractivity contribution in [2.24, 2.45) is 5.92 Å². The molecule has 1 atom stereocenters. The molecule has 0 aromatic heterocycles. The quantitative estimate of drug-likeness (QED) is 0.280. The topological polar surface area (TPSA) is 120 Å². The summed E-state index contributed by atoms with van der Waals surface area (Å²) in [7, 11) is 4.22. The zero-order valence-electron chi connectivity index (χ0n) is 19.9. The van der Waals surface area contributed by atoms with Crippen molar-refractivity contribution < 1.29 is 38.1 Å². The van der Waals surface area contributed by atoms with Crippen molar-refractivity contribution in [3.63, 3.8) is 0 Å². The zero-order valence-corrected chi connectivity index (χ0v) is 20.7. The first-order chi connectivity index (χ1) is 16.2. The number of benzene rings is 1. The Morgan fingerprint density at radius 2 is 1.76 bits per heavy atom. The molecular weight excluding hydrogens is 464 g/mol. The molecule has 2 rings (SSSR count). The fraction of sp³-hybridized carbons (Fsp3) is 0.478. The Kier molecular flexibility index (Phi) is 10.2. The largest absolute Gasteiger partial charge is 0.497 e. The third kappa shape index (κ3) is 7.41. The van der Waals surface area contributed by atoms with Crippen LogP contribution in [0.1, 0.15) is 30.6 Å². The Hall–Kier alpha value is -3.21. The molecule has 1 aromatic rings. The summed E-state index contributed by atoms with van der Waals surface area (Å²) in [4.78, 5) is 50.4. The molecule has 10 nitrogen and oxygen atoms in total. The molecule has 186 valence electrons. The van der Waals surface area contributed by atoms with Crippen molar-refractivity contribution in [2.45, 2.75) is 26.3 Å². The van der Waals surface area contributed by atoms with Crippen LogP contribution in [0.15, 0.2) is 29.3 Å². The minimum absolute atomic E-state index is 0.0465. The van der Waals surface area contributed by atoms with Crippen LogP contribution in [0.4, 0.5) is 0 Å². The van der Waals surface area contributed by atoms with Crippen LogP contribution in [0.5, 0.6) is 11.5 Å². The van der Waals surface area contributed by atoms with E-state index < -0.39 is 23.9 Å². The molecule has 1 saturated heterocycles. The number of rotatable bonds is 11. The Morgan fingerprint density at radius 3 is 2.32 bits per heavy atom. The van der Waals surface area contributed by atoms with E-state index in [2.05, 4.69) is 10.1 Å². The van der Waals surface area contributed by atoms with Crippen molar-refractivity contribution in [3.05, 3.63) is 34.9 Å². The van der Waals surface area contributed by atoms with Gasteiger partial charge in [-0.1, -0.05) is 25.6 Å². The lowest BCUT2D eigenvalue weighted by Crippen LogP contribution is -2.45. The molecule has 0 radical (unpaired) electrons.